The Kier molecular flexibility index (Phi) is 3.34. The van der Waals surface area contributed by atoms with E-state index in [4.69, 9.17) is 0 Å². The first-order valence-electron chi connectivity index (χ1n) is 3.71. The summed E-state index contributed by atoms with van der Waals surface area (Å²) in [5.74, 6) is 0.645. The largest absolute Gasteiger partial charge is 0.234 e. The van der Waals surface area contributed by atoms with Crippen molar-refractivity contribution in [3.63, 3.8) is 0 Å². The molecule has 0 unspecified atom stereocenters. The van der Waals surface area contributed by atoms with Crippen LogP contribution in [0.3, 0.4) is 0 Å². The van der Waals surface area contributed by atoms with Crippen LogP contribution in [0.2, 0.25) is 0 Å². The van der Waals surface area contributed by atoms with Gasteiger partial charge in [0.25, 0.3) is 0 Å². The van der Waals surface area contributed by atoms with Gasteiger partial charge >= 0.3 is 0 Å². The number of rotatable bonds is 2. The molecule has 3 nitrogen and oxygen atoms in total. The van der Waals surface area contributed by atoms with Gasteiger partial charge in [0, 0.05) is 10.7 Å². The standard InChI is InChI=1S/C8H10BrN3/c1-6(2)11-12-8-4-3-7(9)5-10-8/h3-6H,1-2H3. The number of hydrogen-bond acceptors (Lipinski definition) is 3. The van der Waals surface area contributed by atoms with Crippen molar-refractivity contribution >= 4 is 21.7 Å². The van der Waals surface area contributed by atoms with Crippen LogP contribution in [0.5, 0.6) is 0 Å². The molecule has 0 aromatic carbocycles. The van der Waals surface area contributed by atoms with E-state index >= 15 is 0 Å². The van der Waals surface area contributed by atoms with Crippen molar-refractivity contribution in [3.8, 4) is 0 Å². The van der Waals surface area contributed by atoms with Crippen LogP contribution >= 0.6 is 15.9 Å². The molecule has 0 spiro atoms. The lowest BCUT2D eigenvalue weighted by Crippen LogP contribution is -1.84. The van der Waals surface area contributed by atoms with E-state index in [-0.39, 0.29) is 6.04 Å². The fourth-order valence-corrected chi connectivity index (χ4v) is 0.836. The van der Waals surface area contributed by atoms with Crippen LogP contribution in [0.15, 0.2) is 33.0 Å². The molecule has 64 valence electrons. The molecule has 0 aliphatic carbocycles. The van der Waals surface area contributed by atoms with Crippen LogP contribution in [-0.4, -0.2) is 11.0 Å². The van der Waals surface area contributed by atoms with Crippen molar-refractivity contribution in [1.29, 1.82) is 0 Å². The van der Waals surface area contributed by atoms with Gasteiger partial charge in [0.15, 0.2) is 5.82 Å². The minimum absolute atomic E-state index is 0.218. The van der Waals surface area contributed by atoms with Crippen molar-refractivity contribution in [2.45, 2.75) is 19.9 Å². The average Bonchev–Trinajstić information content (AvgIpc) is 2.03. The van der Waals surface area contributed by atoms with Gasteiger partial charge < -0.3 is 0 Å². The Morgan fingerprint density at radius 3 is 2.67 bits per heavy atom. The molecule has 1 aromatic rings. The molecule has 1 heterocycles. The quantitative estimate of drug-likeness (QED) is 0.715. The van der Waals surface area contributed by atoms with Gasteiger partial charge in [-0.05, 0) is 41.9 Å². The highest BCUT2D eigenvalue weighted by Crippen LogP contribution is 2.13. The van der Waals surface area contributed by atoms with E-state index in [9.17, 15) is 0 Å². The van der Waals surface area contributed by atoms with Crippen LogP contribution in [0.4, 0.5) is 5.82 Å². The second kappa shape index (κ2) is 4.30. The zero-order valence-corrected chi connectivity index (χ0v) is 8.62. The molecule has 0 N–H and O–H groups in total. The van der Waals surface area contributed by atoms with E-state index in [1.54, 1.807) is 6.20 Å². The summed E-state index contributed by atoms with van der Waals surface area (Å²) >= 11 is 3.29. The molecule has 0 bridgehead atoms. The molecular formula is C8H10BrN3. The molecule has 12 heavy (non-hydrogen) atoms. The van der Waals surface area contributed by atoms with Crippen LogP contribution in [-0.2, 0) is 0 Å². The lowest BCUT2D eigenvalue weighted by molar-refractivity contribution is 0.775. The van der Waals surface area contributed by atoms with Crippen molar-refractivity contribution in [1.82, 2.24) is 4.98 Å². The first kappa shape index (κ1) is 9.32. The van der Waals surface area contributed by atoms with E-state index in [1.807, 2.05) is 26.0 Å². The molecule has 1 rings (SSSR count). The maximum absolute atomic E-state index is 4.04. The van der Waals surface area contributed by atoms with Gasteiger partial charge in [-0.25, -0.2) is 4.98 Å². The molecule has 0 radical (unpaired) electrons. The van der Waals surface area contributed by atoms with E-state index in [0.717, 1.165) is 4.47 Å². The molecular weight excluding hydrogens is 218 g/mol. The van der Waals surface area contributed by atoms with E-state index < -0.39 is 0 Å². The molecule has 1 aromatic heterocycles. The van der Waals surface area contributed by atoms with Crippen molar-refractivity contribution < 1.29 is 0 Å². The monoisotopic (exact) mass is 227 g/mol. The zero-order chi connectivity index (χ0) is 8.97. The number of hydrogen-bond donors (Lipinski definition) is 0. The summed E-state index contributed by atoms with van der Waals surface area (Å²) in [6.45, 7) is 3.95. The van der Waals surface area contributed by atoms with Gasteiger partial charge in [-0.15, -0.1) is 5.11 Å². The SMILES string of the molecule is CC(C)N=Nc1ccc(Br)cn1. The highest BCUT2D eigenvalue weighted by Gasteiger charge is 1.91. The normalized spacial score (nSPS) is 11.3. The number of aromatic nitrogens is 1. The van der Waals surface area contributed by atoms with E-state index in [0.29, 0.717) is 5.82 Å². The Hall–Kier alpha value is -0.770. The van der Waals surface area contributed by atoms with Crippen LogP contribution < -0.4 is 0 Å². The predicted octanol–water partition coefficient (Wildman–Crippen LogP) is 3.34. The summed E-state index contributed by atoms with van der Waals surface area (Å²) in [7, 11) is 0. The molecule has 0 saturated carbocycles. The second-order valence-corrected chi connectivity index (χ2v) is 3.56. The number of halogens is 1. The lowest BCUT2D eigenvalue weighted by atomic mass is 10.4. The molecule has 0 aliphatic heterocycles. The van der Waals surface area contributed by atoms with Crippen LogP contribution in [0.1, 0.15) is 13.8 Å². The third-order valence-corrected chi connectivity index (χ3v) is 1.57. The van der Waals surface area contributed by atoms with E-state index in [2.05, 4.69) is 31.1 Å². The topological polar surface area (TPSA) is 37.6 Å². The Bertz CT molecular complexity index is 266. The van der Waals surface area contributed by atoms with E-state index in [1.165, 1.54) is 0 Å². The third-order valence-electron chi connectivity index (χ3n) is 1.10. The van der Waals surface area contributed by atoms with Crippen LogP contribution in [0.25, 0.3) is 0 Å². The molecule has 0 fully saturated rings. The second-order valence-electron chi connectivity index (χ2n) is 2.64. The summed E-state index contributed by atoms with van der Waals surface area (Å²) in [5.41, 5.74) is 0. The lowest BCUT2D eigenvalue weighted by Gasteiger charge is -1.93. The van der Waals surface area contributed by atoms with Gasteiger partial charge in [-0.2, -0.15) is 5.11 Å². The Balaban J connectivity index is 2.71. The molecule has 0 saturated heterocycles. The number of azo groups is 1. The van der Waals surface area contributed by atoms with Gasteiger partial charge in [0.05, 0.1) is 6.04 Å². The summed E-state index contributed by atoms with van der Waals surface area (Å²) in [4.78, 5) is 4.04. The molecule has 0 amide bonds. The maximum Gasteiger partial charge on any atom is 0.173 e. The van der Waals surface area contributed by atoms with Gasteiger partial charge in [0.2, 0.25) is 0 Å². The highest BCUT2D eigenvalue weighted by atomic mass is 79.9. The maximum atomic E-state index is 4.04. The van der Waals surface area contributed by atoms with Gasteiger partial charge in [-0.1, -0.05) is 0 Å². The zero-order valence-electron chi connectivity index (χ0n) is 7.03. The highest BCUT2D eigenvalue weighted by molar-refractivity contribution is 9.10. The summed E-state index contributed by atoms with van der Waals surface area (Å²) in [6, 6.07) is 3.92. The first-order valence-corrected chi connectivity index (χ1v) is 4.50. The minimum Gasteiger partial charge on any atom is -0.234 e. The molecule has 4 heteroatoms. The van der Waals surface area contributed by atoms with Crippen molar-refractivity contribution in [2.75, 3.05) is 0 Å². The Morgan fingerprint density at radius 2 is 2.17 bits per heavy atom. The van der Waals surface area contributed by atoms with Gasteiger partial charge in [-0.3, -0.25) is 0 Å². The number of nitrogens with zero attached hydrogens (tertiary/aromatic N) is 3. The average molecular weight is 228 g/mol. The fraction of sp³-hybridized carbons (Fsp3) is 0.375. The van der Waals surface area contributed by atoms with Crippen molar-refractivity contribution in [2.24, 2.45) is 10.2 Å². The Labute approximate surface area is 80.1 Å². The number of pyridine rings is 1. The summed E-state index contributed by atoms with van der Waals surface area (Å²) < 4.78 is 0.950. The molecule has 0 aliphatic rings. The van der Waals surface area contributed by atoms with Crippen LogP contribution in [0, 0.1) is 0 Å². The third kappa shape index (κ3) is 3.09. The summed E-state index contributed by atoms with van der Waals surface area (Å²) in [5, 5.41) is 7.91. The molecule has 0 atom stereocenters. The van der Waals surface area contributed by atoms with Crippen molar-refractivity contribution in [3.05, 3.63) is 22.8 Å². The predicted molar refractivity (Wildman–Crippen MR) is 51.6 cm³/mol. The fourth-order valence-electron chi connectivity index (χ4n) is 0.602. The summed E-state index contributed by atoms with van der Waals surface area (Å²) in [6.07, 6.45) is 1.70. The smallest absolute Gasteiger partial charge is 0.173 e. The first-order chi connectivity index (χ1) is 5.68. The van der Waals surface area contributed by atoms with Gasteiger partial charge in [0.1, 0.15) is 0 Å². The minimum atomic E-state index is 0.218. The Morgan fingerprint density at radius 1 is 1.42 bits per heavy atom.